The first-order valence-electron chi connectivity index (χ1n) is 9.32. The highest BCUT2D eigenvalue weighted by atomic mass is 79.9. The summed E-state index contributed by atoms with van der Waals surface area (Å²) >= 11 is 3.50. The summed E-state index contributed by atoms with van der Waals surface area (Å²) in [6, 6.07) is 15.9. The summed E-state index contributed by atoms with van der Waals surface area (Å²) in [6.07, 6.45) is 9.72. The average Bonchev–Trinajstić information content (AvgIpc) is 2.74. The third kappa shape index (κ3) is 2.83. The Bertz CT molecular complexity index is 1130. The lowest BCUT2D eigenvalue weighted by Gasteiger charge is -2.39. The Kier molecular flexibility index (Phi) is 4.24. The van der Waals surface area contributed by atoms with Crippen LogP contribution in [0.15, 0.2) is 83.1 Å². The number of anilines is 1. The van der Waals surface area contributed by atoms with E-state index in [1.807, 2.05) is 59.5 Å². The van der Waals surface area contributed by atoms with Crippen LogP contribution >= 0.6 is 15.9 Å². The number of benzene rings is 2. The largest absolute Gasteiger partial charge is 0.359 e. The molecule has 28 heavy (non-hydrogen) atoms. The fourth-order valence-electron chi connectivity index (χ4n) is 3.84. The van der Waals surface area contributed by atoms with Crippen LogP contribution in [-0.2, 0) is 0 Å². The van der Waals surface area contributed by atoms with Gasteiger partial charge in [-0.1, -0.05) is 52.3 Å². The molecule has 138 valence electrons. The van der Waals surface area contributed by atoms with Crippen LogP contribution in [0.1, 0.15) is 34.9 Å². The molecule has 2 heterocycles. The number of fused-ring (bicyclic) bond motifs is 3. The fourth-order valence-corrected chi connectivity index (χ4v) is 4.10. The highest BCUT2D eigenvalue weighted by Crippen LogP contribution is 2.39. The molecule has 1 aliphatic heterocycles. The molecule has 1 amide bonds. The lowest BCUT2D eigenvalue weighted by Crippen LogP contribution is -2.42. The molecule has 0 saturated carbocycles. The zero-order valence-corrected chi connectivity index (χ0v) is 16.7. The Hall–Kier alpha value is -2.92. The Morgan fingerprint density at radius 3 is 2.71 bits per heavy atom. The van der Waals surface area contributed by atoms with Crippen molar-refractivity contribution in [3.05, 3.63) is 94.3 Å². The minimum absolute atomic E-state index is 0.00739. The molecule has 5 rings (SSSR count). The van der Waals surface area contributed by atoms with Crippen molar-refractivity contribution in [3.8, 4) is 0 Å². The van der Waals surface area contributed by atoms with E-state index in [0.717, 1.165) is 45.2 Å². The summed E-state index contributed by atoms with van der Waals surface area (Å²) in [5, 5.41) is 4.62. The average molecular weight is 432 g/mol. The van der Waals surface area contributed by atoms with Crippen molar-refractivity contribution in [3.63, 3.8) is 0 Å². The molecule has 5 heteroatoms. The van der Waals surface area contributed by atoms with Crippen molar-refractivity contribution in [1.29, 1.82) is 0 Å². The van der Waals surface area contributed by atoms with Gasteiger partial charge in [0, 0.05) is 21.8 Å². The Balaban J connectivity index is 1.70. The van der Waals surface area contributed by atoms with Gasteiger partial charge in [-0.15, -0.1) is 0 Å². The number of pyridine rings is 1. The van der Waals surface area contributed by atoms with E-state index < -0.39 is 0 Å². The third-order valence-corrected chi connectivity index (χ3v) is 5.73. The SMILES string of the molecule is O=C1c2ccc3cccnc3c2NC(c2ccc(Br)cc2)N1C1=CCCC=C1. The smallest absolute Gasteiger partial charge is 0.262 e. The molecule has 0 radical (unpaired) electrons. The topological polar surface area (TPSA) is 45.2 Å². The number of nitrogens with zero attached hydrogens (tertiary/aromatic N) is 2. The summed E-state index contributed by atoms with van der Waals surface area (Å²) in [4.78, 5) is 20.0. The Morgan fingerprint density at radius 1 is 1.07 bits per heavy atom. The minimum atomic E-state index is -0.297. The summed E-state index contributed by atoms with van der Waals surface area (Å²) in [5.74, 6) is -0.00739. The minimum Gasteiger partial charge on any atom is -0.359 e. The van der Waals surface area contributed by atoms with Gasteiger partial charge in [0.15, 0.2) is 0 Å². The second-order valence-electron chi connectivity index (χ2n) is 6.95. The van der Waals surface area contributed by atoms with Gasteiger partial charge in [-0.3, -0.25) is 14.7 Å². The molecular weight excluding hydrogens is 414 g/mol. The van der Waals surface area contributed by atoms with E-state index in [9.17, 15) is 4.79 Å². The molecule has 0 saturated heterocycles. The molecule has 4 nitrogen and oxygen atoms in total. The van der Waals surface area contributed by atoms with Gasteiger partial charge in [0.25, 0.3) is 5.91 Å². The molecule has 1 atom stereocenters. The van der Waals surface area contributed by atoms with Crippen LogP contribution < -0.4 is 5.32 Å². The monoisotopic (exact) mass is 431 g/mol. The van der Waals surface area contributed by atoms with Gasteiger partial charge in [-0.25, -0.2) is 0 Å². The third-order valence-electron chi connectivity index (χ3n) is 5.20. The standard InChI is InChI=1S/C23H18BrN3O/c24-17-11-8-16(9-12-17)22-26-21-19(13-10-15-5-4-14-25-20(15)21)23(28)27(22)18-6-2-1-3-7-18/h2,4-14,22,26H,1,3H2. The summed E-state index contributed by atoms with van der Waals surface area (Å²) < 4.78 is 1.01. The molecule has 1 aliphatic carbocycles. The van der Waals surface area contributed by atoms with Gasteiger partial charge in [0.2, 0.25) is 0 Å². The molecule has 1 aromatic heterocycles. The van der Waals surface area contributed by atoms with Crippen LogP contribution in [0.2, 0.25) is 0 Å². The predicted octanol–water partition coefficient (Wildman–Crippen LogP) is 5.80. The van der Waals surface area contributed by atoms with Crippen LogP contribution in [0.3, 0.4) is 0 Å². The molecule has 3 aromatic rings. The number of carbonyl (C=O) groups excluding carboxylic acids is 1. The summed E-state index contributed by atoms with van der Waals surface area (Å²) in [5.41, 5.74) is 4.23. The first kappa shape index (κ1) is 17.2. The van der Waals surface area contributed by atoms with Crippen LogP contribution in [0, 0.1) is 0 Å². The van der Waals surface area contributed by atoms with E-state index in [-0.39, 0.29) is 12.1 Å². The molecule has 0 fully saturated rings. The van der Waals surface area contributed by atoms with E-state index >= 15 is 0 Å². The number of carbonyl (C=O) groups is 1. The number of hydrogen-bond acceptors (Lipinski definition) is 3. The van der Waals surface area contributed by atoms with Gasteiger partial charge in [-0.05, 0) is 48.7 Å². The lowest BCUT2D eigenvalue weighted by molar-refractivity contribution is 0.0755. The second kappa shape index (κ2) is 6.91. The van der Waals surface area contributed by atoms with Crippen molar-refractivity contribution < 1.29 is 4.79 Å². The first-order valence-corrected chi connectivity index (χ1v) is 10.1. The van der Waals surface area contributed by atoms with Crippen molar-refractivity contribution >= 4 is 38.4 Å². The maximum atomic E-state index is 13.6. The van der Waals surface area contributed by atoms with Gasteiger partial charge in [0.05, 0.1) is 16.8 Å². The molecule has 1 unspecified atom stereocenters. The van der Waals surface area contributed by atoms with E-state index in [4.69, 9.17) is 0 Å². The van der Waals surface area contributed by atoms with Gasteiger partial charge in [0.1, 0.15) is 6.17 Å². The lowest BCUT2D eigenvalue weighted by atomic mass is 9.99. The van der Waals surface area contributed by atoms with Crippen molar-refractivity contribution in [2.24, 2.45) is 0 Å². The van der Waals surface area contributed by atoms with E-state index in [1.54, 1.807) is 6.20 Å². The maximum absolute atomic E-state index is 13.6. The van der Waals surface area contributed by atoms with Gasteiger partial charge >= 0.3 is 0 Å². The molecular formula is C23H18BrN3O. The molecule has 2 aromatic carbocycles. The number of allylic oxidation sites excluding steroid dienone is 3. The number of hydrogen-bond donors (Lipinski definition) is 1. The number of nitrogens with one attached hydrogen (secondary N) is 1. The second-order valence-corrected chi connectivity index (χ2v) is 7.86. The summed E-state index contributed by atoms with van der Waals surface area (Å²) in [6.45, 7) is 0. The number of amides is 1. The maximum Gasteiger partial charge on any atom is 0.262 e. The molecule has 2 aliphatic rings. The highest BCUT2D eigenvalue weighted by molar-refractivity contribution is 9.10. The molecule has 1 N–H and O–H groups in total. The summed E-state index contributed by atoms with van der Waals surface area (Å²) in [7, 11) is 0. The van der Waals surface area contributed by atoms with E-state index in [1.165, 1.54) is 0 Å². The number of aromatic nitrogens is 1. The molecule has 0 bridgehead atoms. The van der Waals surface area contributed by atoms with Gasteiger partial charge in [-0.2, -0.15) is 0 Å². The number of rotatable bonds is 2. The van der Waals surface area contributed by atoms with Crippen molar-refractivity contribution in [1.82, 2.24) is 9.88 Å². The van der Waals surface area contributed by atoms with Gasteiger partial charge < -0.3 is 5.32 Å². The quantitative estimate of drug-likeness (QED) is 0.557. The zero-order chi connectivity index (χ0) is 19.1. The van der Waals surface area contributed by atoms with Crippen LogP contribution in [0.5, 0.6) is 0 Å². The van der Waals surface area contributed by atoms with Crippen LogP contribution in [0.25, 0.3) is 10.9 Å². The Morgan fingerprint density at radius 2 is 1.93 bits per heavy atom. The van der Waals surface area contributed by atoms with Crippen molar-refractivity contribution in [2.75, 3.05) is 5.32 Å². The van der Waals surface area contributed by atoms with E-state index in [2.05, 4.69) is 38.4 Å². The highest BCUT2D eigenvalue weighted by Gasteiger charge is 2.35. The normalized spacial score (nSPS) is 18.6. The van der Waals surface area contributed by atoms with Crippen LogP contribution in [0.4, 0.5) is 5.69 Å². The fraction of sp³-hybridized carbons (Fsp3) is 0.130. The zero-order valence-electron chi connectivity index (χ0n) is 15.1. The van der Waals surface area contributed by atoms with Crippen molar-refractivity contribution in [2.45, 2.75) is 19.0 Å². The first-order chi connectivity index (χ1) is 13.7. The van der Waals surface area contributed by atoms with E-state index in [0.29, 0.717) is 5.56 Å². The molecule has 0 spiro atoms. The number of halogens is 1. The Labute approximate surface area is 171 Å². The van der Waals surface area contributed by atoms with Crippen LogP contribution in [-0.4, -0.2) is 15.8 Å². The predicted molar refractivity (Wildman–Crippen MR) is 115 cm³/mol.